The largest absolute Gasteiger partial charge is 0.493 e. The van der Waals surface area contributed by atoms with Gasteiger partial charge in [0.2, 0.25) is 11.7 Å². The van der Waals surface area contributed by atoms with Crippen molar-refractivity contribution in [1.82, 2.24) is 25.5 Å². The van der Waals surface area contributed by atoms with E-state index in [-0.39, 0.29) is 5.91 Å². The van der Waals surface area contributed by atoms with Crippen LogP contribution in [0.5, 0.6) is 5.75 Å². The lowest BCUT2D eigenvalue weighted by Crippen LogP contribution is -2.23. The molecule has 0 fully saturated rings. The van der Waals surface area contributed by atoms with Gasteiger partial charge in [0.25, 0.3) is 0 Å². The molecule has 0 unspecified atom stereocenters. The number of nitrogens with zero attached hydrogens (tertiary/aromatic N) is 4. The van der Waals surface area contributed by atoms with E-state index in [1.807, 2.05) is 54.6 Å². The second-order valence-corrected chi connectivity index (χ2v) is 7.31. The molecule has 0 aliphatic rings. The maximum atomic E-state index is 12.1. The Morgan fingerprint density at radius 1 is 1.14 bits per heavy atom. The Balaban J connectivity index is 1.39. The molecule has 0 radical (unpaired) electrons. The quantitative estimate of drug-likeness (QED) is 0.570. The molecule has 2 aromatic carbocycles. The average Bonchev–Trinajstić information content (AvgIpc) is 3.21. The normalized spacial score (nSPS) is 10.9. The van der Waals surface area contributed by atoms with Crippen LogP contribution in [0.3, 0.4) is 0 Å². The predicted molar refractivity (Wildman–Crippen MR) is 111 cm³/mol. The number of benzene rings is 2. The molecule has 0 spiro atoms. The van der Waals surface area contributed by atoms with Gasteiger partial charge in [-0.25, -0.2) is 0 Å². The summed E-state index contributed by atoms with van der Waals surface area (Å²) in [6.07, 6.45) is 1.06. The van der Waals surface area contributed by atoms with Crippen LogP contribution in [0.15, 0.2) is 54.6 Å². The highest BCUT2D eigenvalue weighted by Crippen LogP contribution is 2.14. The van der Waals surface area contributed by atoms with E-state index in [2.05, 4.69) is 34.6 Å². The van der Waals surface area contributed by atoms with Crippen molar-refractivity contribution in [3.05, 3.63) is 60.2 Å². The van der Waals surface area contributed by atoms with Gasteiger partial charge in [0.1, 0.15) is 5.75 Å². The lowest BCUT2D eigenvalue weighted by Gasteiger charge is -2.10. The van der Waals surface area contributed by atoms with Crippen molar-refractivity contribution in [2.45, 2.75) is 39.8 Å². The predicted octanol–water partition coefficient (Wildman–Crippen LogP) is 3.47. The number of carbonyl (C=O) groups excluding carboxylic acids is 1. The summed E-state index contributed by atoms with van der Waals surface area (Å²) in [6.45, 7) is 5.93. The fraction of sp³-hybridized carbons (Fsp3) is 0.364. The van der Waals surface area contributed by atoms with Crippen molar-refractivity contribution in [2.75, 3.05) is 6.61 Å². The molecular weight excluding hydrogens is 366 g/mol. The fourth-order valence-electron chi connectivity index (χ4n) is 2.72. The summed E-state index contributed by atoms with van der Waals surface area (Å²) < 4.78 is 5.73. The van der Waals surface area contributed by atoms with Crippen molar-refractivity contribution in [3.63, 3.8) is 0 Å². The van der Waals surface area contributed by atoms with E-state index in [9.17, 15) is 4.79 Å². The zero-order valence-electron chi connectivity index (χ0n) is 16.9. The zero-order valence-corrected chi connectivity index (χ0v) is 16.9. The van der Waals surface area contributed by atoms with Crippen LogP contribution in [0.1, 0.15) is 32.3 Å². The minimum atomic E-state index is 0.00176. The van der Waals surface area contributed by atoms with Crippen LogP contribution < -0.4 is 10.1 Å². The van der Waals surface area contributed by atoms with Gasteiger partial charge in [0.05, 0.1) is 13.2 Å². The Morgan fingerprint density at radius 3 is 2.76 bits per heavy atom. The smallest absolute Gasteiger partial charge is 0.220 e. The van der Waals surface area contributed by atoms with E-state index in [1.54, 1.807) is 0 Å². The summed E-state index contributed by atoms with van der Waals surface area (Å²) in [5.41, 5.74) is 1.95. The monoisotopic (exact) mass is 393 g/mol. The highest BCUT2D eigenvalue weighted by Gasteiger charge is 2.07. The number of amides is 1. The molecule has 3 aromatic rings. The van der Waals surface area contributed by atoms with E-state index in [0.717, 1.165) is 16.9 Å². The van der Waals surface area contributed by atoms with Gasteiger partial charge in [-0.3, -0.25) is 4.79 Å². The standard InChI is InChI=1S/C22H27N5O2/c1-17(2)16-29-20-11-6-8-18(14-20)15-23-21(28)12-7-13-27-25-22(24-26-27)19-9-4-3-5-10-19/h3-6,8-11,14,17H,7,12-13,15-16H2,1-2H3,(H,23,28). The van der Waals surface area contributed by atoms with Crippen molar-refractivity contribution >= 4 is 5.91 Å². The van der Waals surface area contributed by atoms with E-state index in [1.165, 1.54) is 4.80 Å². The number of hydrogen-bond donors (Lipinski definition) is 1. The number of aryl methyl sites for hydroxylation is 1. The minimum absolute atomic E-state index is 0.00176. The third-order valence-electron chi connectivity index (χ3n) is 4.22. The van der Waals surface area contributed by atoms with Gasteiger partial charge in [-0.15, -0.1) is 10.2 Å². The third kappa shape index (κ3) is 6.71. The van der Waals surface area contributed by atoms with Gasteiger partial charge in [0, 0.05) is 18.5 Å². The molecule has 0 atom stereocenters. The summed E-state index contributed by atoms with van der Waals surface area (Å²) in [7, 11) is 0. The van der Waals surface area contributed by atoms with Crippen LogP contribution in [-0.2, 0) is 17.9 Å². The Kier molecular flexibility index (Phi) is 7.33. The molecule has 152 valence electrons. The van der Waals surface area contributed by atoms with Gasteiger partial charge in [0.15, 0.2) is 0 Å². The van der Waals surface area contributed by atoms with Crippen LogP contribution in [0.4, 0.5) is 0 Å². The molecule has 0 saturated carbocycles. The first-order chi connectivity index (χ1) is 14.1. The second-order valence-electron chi connectivity index (χ2n) is 7.31. The van der Waals surface area contributed by atoms with Crippen LogP contribution in [0.25, 0.3) is 11.4 Å². The first kappa shape index (κ1) is 20.5. The lowest BCUT2D eigenvalue weighted by atomic mass is 10.2. The Labute approximate surface area is 171 Å². The number of carbonyl (C=O) groups is 1. The number of aromatic nitrogens is 4. The summed E-state index contributed by atoms with van der Waals surface area (Å²) in [5.74, 6) is 1.90. The summed E-state index contributed by atoms with van der Waals surface area (Å²) in [5, 5.41) is 15.4. The Morgan fingerprint density at radius 2 is 1.97 bits per heavy atom. The highest BCUT2D eigenvalue weighted by molar-refractivity contribution is 5.75. The van der Waals surface area contributed by atoms with E-state index in [0.29, 0.717) is 44.3 Å². The first-order valence-electron chi connectivity index (χ1n) is 9.92. The van der Waals surface area contributed by atoms with E-state index < -0.39 is 0 Å². The van der Waals surface area contributed by atoms with Crippen molar-refractivity contribution in [1.29, 1.82) is 0 Å². The minimum Gasteiger partial charge on any atom is -0.493 e. The molecular formula is C22H27N5O2. The average molecular weight is 393 g/mol. The van der Waals surface area contributed by atoms with Gasteiger partial charge in [-0.1, -0.05) is 56.3 Å². The van der Waals surface area contributed by atoms with Crippen molar-refractivity contribution < 1.29 is 9.53 Å². The molecule has 1 N–H and O–H groups in total. The highest BCUT2D eigenvalue weighted by atomic mass is 16.5. The second kappa shape index (κ2) is 10.4. The maximum absolute atomic E-state index is 12.1. The van der Waals surface area contributed by atoms with E-state index >= 15 is 0 Å². The molecule has 7 heteroatoms. The molecule has 7 nitrogen and oxygen atoms in total. The number of nitrogens with one attached hydrogen (secondary N) is 1. The summed E-state index contributed by atoms with van der Waals surface area (Å²) in [6, 6.07) is 17.5. The molecule has 1 amide bonds. The van der Waals surface area contributed by atoms with Crippen LogP contribution >= 0.6 is 0 Å². The maximum Gasteiger partial charge on any atom is 0.220 e. The van der Waals surface area contributed by atoms with Crippen LogP contribution in [0.2, 0.25) is 0 Å². The number of tetrazole rings is 1. The molecule has 0 aliphatic carbocycles. The molecule has 1 aromatic heterocycles. The number of ether oxygens (including phenoxy) is 1. The van der Waals surface area contributed by atoms with Crippen molar-refractivity contribution in [3.8, 4) is 17.1 Å². The number of rotatable bonds is 10. The Bertz CT molecular complexity index is 908. The molecule has 1 heterocycles. The number of hydrogen-bond acceptors (Lipinski definition) is 5. The molecule has 0 aliphatic heterocycles. The molecule has 0 bridgehead atoms. The van der Waals surface area contributed by atoms with Crippen LogP contribution in [-0.4, -0.2) is 32.7 Å². The molecule has 3 rings (SSSR count). The van der Waals surface area contributed by atoms with E-state index in [4.69, 9.17) is 4.74 Å². The molecule has 29 heavy (non-hydrogen) atoms. The SMILES string of the molecule is CC(C)COc1cccc(CNC(=O)CCCn2nnc(-c3ccccc3)n2)c1. The van der Waals surface area contributed by atoms with Crippen LogP contribution in [0, 0.1) is 5.92 Å². The van der Waals surface area contributed by atoms with Crippen molar-refractivity contribution in [2.24, 2.45) is 5.92 Å². The topological polar surface area (TPSA) is 81.9 Å². The zero-order chi connectivity index (χ0) is 20.5. The van der Waals surface area contributed by atoms with Gasteiger partial charge in [-0.05, 0) is 35.2 Å². The summed E-state index contributed by atoms with van der Waals surface area (Å²) in [4.78, 5) is 13.7. The molecule has 0 saturated heterocycles. The first-order valence-corrected chi connectivity index (χ1v) is 9.92. The third-order valence-corrected chi connectivity index (χ3v) is 4.22. The Hall–Kier alpha value is -3.22. The van der Waals surface area contributed by atoms with Gasteiger partial charge >= 0.3 is 0 Å². The lowest BCUT2D eigenvalue weighted by molar-refractivity contribution is -0.121. The summed E-state index contributed by atoms with van der Waals surface area (Å²) >= 11 is 0. The fourth-order valence-corrected chi connectivity index (χ4v) is 2.72. The van der Waals surface area contributed by atoms with Gasteiger partial charge < -0.3 is 10.1 Å². The van der Waals surface area contributed by atoms with Gasteiger partial charge in [-0.2, -0.15) is 4.80 Å².